The fraction of sp³-hybridized carbons (Fsp3) is 0.318. The highest BCUT2D eigenvalue weighted by molar-refractivity contribution is 8.26. The Hall–Kier alpha value is -2.36. The van der Waals surface area contributed by atoms with Crippen molar-refractivity contribution < 1.29 is 9.59 Å². The van der Waals surface area contributed by atoms with Gasteiger partial charge in [-0.25, -0.2) is 0 Å². The van der Waals surface area contributed by atoms with E-state index < -0.39 is 0 Å². The van der Waals surface area contributed by atoms with E-state index in [4.69, 9.17) is 12.2 Å². The second-order valence-corrected chi connectivity index (χ2v) is 10.1. The van der Waals surface area contributed by atoms with Gasteiger partial charge < -0.3 is 5.32 Å². The lowest BCUT2D eigenvalue weighted by molar-refractivity contribution is -0.122. The number of nitrogens with one attached hydrogen (secondary N) is 1. The summed E-state index contributed by atoms with van der Waals surface area (Å²) < 4.78 is 0.521. The van der Waals surface area contributed by atoms with Crippen molar-refractivity contribution in [3.63, 3.8) is 0 Å². The number of carbonyl (C=O) groups is 2. The second-order valence-electron chi connectivity index (χ2n) is 7.38. The summed E-state index contributed by atoms with van der Waals surface area (Å²) in [7, 11) is 0. The van der Waals surface area contributed by atoms with Gasteiger partial charge in [-0.1, -0.05) is 91.6 Å². The highest BCUT2D eigenvalue weighted by atomic mass is 32.2. The average molecular weight is 473 g/mol. The maximum Gasteiger partial charge on any atom is 0.266 e. The quantitative estimate of drug-likeness (QED) is 0.413. The molecule has 2 amide bonds. The van der Waals surface area contributed by atoms with Crippen molar-refractivity contribution in [1.29, 1.82) is 0 Å². The molecule has 6 nitrogen and oxygen atoms in total. The topological polar surface area (TPSA) is 75.2 Å². The monoisotopic (exact) mass is 472 g/mol. The normalized spacial score (nSPS) is 15.6. The molecule has 2 heterocycles. The number of benzene rings is 1. The van der Waals surface area contributed by atoms with E-state index in [1.54, 1.807) is 11.0 Å². The molecule has 0 atom stereocenters. The zero-order valence-electron chi connectivity index (χ0n) is 17.4. The molecule has 0 bridgehead atoms. The largest absolute Gasteiger partial charge is 0.301 e. The third-order valence-corrected chi connectivity index (χ3v) is 6.55. The number of thioether (sulfide) groups is 1. The minimum atomic E-state index is -0.140. The zero-order valence-corrected chi connectivity index (χ0v) is 19.9. The van der Waals surface area contributed by atoms with Gasteiger partial charge in [0.1, 0.15) is 9.33 Å². The predicted octanol–water partition coefficient (Wildman–Crippen LogP) is 4.91. The number of hydrogen-bond acceptors (Lipinski definition) is 7. The molecule has 0 saturated carbocycles. The summed E-state index contributed by atoms with van der Waals surface area (Å²) >= 11 is 8.03. The maximum atomic E-state index is 12.6. The number of thiocarbonyl (C=S) groups is 1. The zero-order chi connectivity index (χ0) is 22.2. The van der Waals surface area contributed by atoms with Gasteiger partial charge in [-0.15, -0.1) is 10.2 Å². The van der Waals surface area contributed by atoms with Crippen molar-refractivity contribution in [2.75, 3.05) is 11.9 Å². The van der Waals surface area contributed by atoms with E-state index in [0.29, 0.717) is 33.2 Å². The molecular formula is C22H24N4O2S3. The van der Waals surface area contributed by atoms with Crippen LogP contribution in [0.1, 0.15) is 37.3 Å². The fourth-order valence-corrected chi connectivity index (χ4v) is 5.06. The first-order chi connectivity index (χ1) is 14.9. The molecule has 3 rings (SSSR count). The fourth-order valence-electron chi connectivity index (χ4n) is 2.83. The average Bonchev–Trinajstić information content (AvgIpc) is 3.27. The van der Waals surface area contributed by atoms with Crippen molar-refractivity contribution >= 4 is 62.7 Å². The molecule has 1 saturated heterocycles. The lowest BCUT2D eigenvalue weighted by atomic mass is 10.1. The lowest BCUT2D eigenvalue weighted by Gasteiger charge is -2.13. The van der Waals surface area contributed by atoms with Gasteiger partial charge in [-0.3, -0.25) is 14.5 Å². The first kappa shape index (κ1) is 23.3. The lowest BCUT2D eigenvalue weighted by Crippen LogP contribution is -2.29. The predicted molar refractivity (Wildman–Crippen MR) is 132 cm³/mol. The number of hydrogen-bond donors (Lipinski definition) is 1. The van der Waals surface area contributed by atoms with Crippen LogP contribution in [0.25, 0.3) is 6.08 Å². The van der Waals surface area contributed by atoms with E-state index >= 15 is 0 Å². The van der Waals surface area contributed by atoms with Gasteiger partial charge in [-0.05, 0) is 24.0 Å². The van der Waals surface area contributed by atoms with E-state index in [0.717, 1.165) is 17.0 Å². The van der Waals surface area contributed by atoms with Crippen LogP contribution in [0, 0.1) is 5.92 Å². The highest BCUT2D eigenvalue weighted by Gasteiger charge is 2.31. The Labute approximate surface area is 195 Å². The van der Waals surface area contributed by atoms with E-state index in [1.165, 1.54) is 23.1 Å². The van der Waals surface area contributed by atoms with Gasteiger partial charge >= 0.3 is 0 Å². The molecule has 1 fully saturated rings. The smallest absolute Gasteiger partial charge is 0.266 e. The number of anilines is 1. The highest BCUT2D eigenvalue weighted by Crippen LogP contribution is 2.31. The summed E-state index contributed by atoms with van der Waals surface area (Å²) in [5, 5.41) is 12.3. The van der Waals surface area contributed by atoms with Crippen LogP contribution >= 0.6 is 35.3 Å². The molecule has 1 N–H and O–H groups in total. The Kier molecular flexibility index (Phi) is 8.51. The minimum Gasteiger partial charge on any atom is -0.301 e. The summed E-state index contributed by atoms with van der Waals surface area (Å²) in [6, 6.07) is 9.87. The van der Waals surface area contributed by atoms with Gasteiger partial charge in [0.25, 0.3) is 5.91 Å². The number of amides is 2. The Bertz CT molecular complexity index is 999. The summed E-state index contributed by atoms with van der Waals surface area (Å²) in [6.07, 6.45) is 7.22. The molecule has 0 radical (unpaired) electrons. The molecule has 31 heavy (non-hydrogen) atoms. The summed E-state index contributed by atoms with van der Waals surface area (Å²) in [4.78, 5) is 26.9. The van der Waals surface area contributed by atoms with Crippen molar-refractivity contribution in [2.45, 2.75) is 33.1 Å². The standard InChI is InChI=1S/C22H24N4O2S3/c1-15(2)14-19-24-25-21(31-19)23-18(27)12-7-13-26-20(28)17(30-22(26)29)11-6-10-16-8-4-3-5-9-16/h3-6,8-11,15H,7,12-14H2,1-2H3,(H,23,25,27)/b10-6+,17-11-. The molecule has 1 aliphatic heterocycles. The van der Waals surface area contributed by atoms with Gasteiger partial charge in [0, 0.05) is 19.4 Å². The summed E-state index contributed by atoms with van der Waals surface area (Å²) in [5.41, 5.74) is 1.06. The molecule has 2 aromatic rings. The van der Waals surface area contributed by atoms with Crippen LogP contribution in [0.2, 0.25) is 0 Å². The van der Waals surface area contributed by atoms with Crippen LogP contribution in [-0.4, -0.2) is 37.8 Å². The molecule has 1 aromatic carbocycles. The number of nitrogens with zero attached hydrogens (tertiary/aromatic N) is 3. The number of rotatable bonds is 9. The molecule has 1 aliphatic rings. The first-order valence-electron chi connectivity index (χ1n) is 10.0. The van der Waals surface area contributed by atoms with Crippen LogP contribution in [0.3, 0.4) is 0 Å². The maximum absolute atomic E-state index is 12.6. The molecule has 162 valence electrons. The first-order valence-corrected chi connectivity index (χ1v) is 12.1. The molecular weight excluding hydrogens is 448 g/mol. The summed E-state index contributed by atoms with van der Waals surface area (Å²) in [5.74, 6) is 0.235. The Morgan fingerprint density at radius 1 is 1.26 bits per heavy atom. The van der Waals surface area contributed by atoms with E-state index in [2.05, 4.69) is 29.4 Å². The van der Waals surface area contributed by atoms with E-state index in [-0.39, 0.29) is 18.2 Å². The molecule has 0 spiro atoms. The Morgan fingerprint density at radius 2 is 2.03 bits per heavy atom. The Morgan fingerprint density at radius 3 is 2.77 bits per heavy atom. The molecule has 1 aromatic heterocycles. The van der Waals surface area contributed by atoms with Crippen LogP contribution < -0.4 is 5.32 Å². The van der Waals surface area contributed by atoms with E-state index in [9.17, 15) is 9.59 Å². The van der Waals surface area contributed by atoms with Crippen LogP contribution in [-0.2, 0) is 16.0 Å². The van der Waals surface area contributed by atoms with Crippen LogP contribution in [0.4, 0.5) is 5.13 Å². The third kappa shape index (κ3) is 7.09. The van der Waals surface area contributed by atoms with Gasteiger partial charge in [0.05, 0.1) is 4.91 Å². The van der Waals surface area contributed by atoms with Crippen LogP contribution in [0.15, 0.2) is 47.4 Å². The number of carbonyl (C=O) groups excluding carboxylic acids is 2. The summed E-state index contributed by atoms with van der Waals surface area (Å²) in [6.45, 7) is 4.64. The van der Waals surface area contributed by atoms with Gasteiger partial charge in [0.15, 0.2) is 0 Å². The Balaban J connectivity index is 1.45. The number of aromatic nitrogens is 2. The SMILES string of the molecule is CC(C)Cc1nnc(NC(=O)CCCN2C(=O)/C(=C/C=C/c3ccccc3)SC2=S)s1. The van der Waals surface area contributed by atoms with Gasteiger partial charge in [-0.2, -0.15) is 0 Å². The van der Waals surface area contributed by atoms with Crippen LogP contribution in [0.5, 0.6) is 0 Å². The van der Waals surface area contributed by atoms with Crippen molar-refractivity contribution in [2.24, 2.45) is 5.92 Å². The minimum absolute atomic E-state index is 0.115. The second kappa shape index (κ2) is 11.3. The van der Waals surface area contributed by atoms with Crippen molar-refractivity contribution in [3.05, 3.63) is 58.0 Å². The third-order valence-electron chi connectivity index (χ3n) is 4.29. The molecule has 0 unspecified atom stereocenters. The van der Waals surface area contributed by atoms with E-state index in [1.807, 2.05) is 42.5 Å². The van der Waals surface area contributed by atoms with Crippen molar-refractivity contribution in [3.8, 4) is 0 Å². The number of allylic oxidation sites excluding steroid dienone is 2. The molecule has 9 heteroatoms. The van der Waals surface area contributed by atoms with Gasteiger partial charge in [0.2, 0.25) is 11.0 Å². The molecule has 0 aliphatic carbocycles. The van der Waals surface area contributed by atoms with Crippen molar-refractivity contribution in [1.82, 2.24) is 15.1 Å².